The summed E-state index contributed by atoms with van der Waals surface area (Å²) >= 11 is 8.14. The van der Waals surface area contributed by atoms with E-state index in [1.165, 1.54) is 0 Å². The van der Waals surface area contributed by atoms with Gasteiger partial charge in [-0.2, -0.15) is 16.9 Å². The maximum Gasteiger partial charge on any atom is 0.0847 e. The number of hydrazine groups is 1. The van der Waals surface area contributed by atoms with Crippen molar-refractivity contribution in [3.05, 3.63) is 16.4 Å². The minimum Gasteiger partial charge on any atom is -0.271 e. The van der Waals surface area contributed by atoms with Gasteiger partial charge in [-0.05, 0) is 19.6 Å². The van der Waals surface area contributed by atoms with Crippen molar-refractivity contribution >= 4 is 23.4 Å². The second-order valence-corrected chi connectivity index (χ2v) is 5.59. The second-order valence-electron chi connectivity index (χ2n) is 3.89. The Hall–Kier alpha value is -0.230. The second kappa shape index (κ2) is 7.26. The summed E-state index contributed by atoms with van der Waals surface area (Å²) in [5.41, 5.74) is 4.82. The molecule has 0 spiro atoms. The van der Waals surface area contributed by atoms with Crippen LogP contribution in [0.5, 0.6) is 0 Å². The highest BCUT2D eigenvalue weighted by molar-refractivity contribution is 7.99. The lowest BCUT2D eigenvalue weighted by atomic mass is 10.2. The first kappa shape index (κ1) is 14.8. The minimum absolute atomic E-state index is 0.235. The first-order valence-corrected chi connectivity index (χ1v) is 7.42. The van der Waals surface area contributed by atoms with Crippen LogP contribution in [0.2, 0.25) is 5.02 Å². The molecule has 0 fully saturated rings. The maximum atomic E-state index is 6.27. The molecular weight excluding hydrogens is 256 g/mol. The van der Waals surface area contributed by atoms with E-state index < -0.39 is 0 Å². The number of halogens is 1. The highest BCUT2D eigenvalue weighted by Crippen LogP contribution is 2.22. The van der Waals surface area contributed by atoms with Crippen LogP contribution < -0.4 is 11.3 Å². The number of nitrogens with zero attached hydrogens (tertiary/aromatic N) is 2. The number of aryl methyl sites for hydroxylation is 2. The molecule has 0 saturated carbocycles. The summed E-state index contributed by atoms with van der Waals surface area (Å²) in [6.07, 6.45) is 0.816. The van der Waals surface area contributed by atoms with E-state index in [2.05, 4.69) is 24.4 Å². The molecule has 0 aliphatic carbocycles. The van der Waals surface area contributed by atoms with Crippen LogP contribution in [-0.2, 0) is 13.0 Å². The lowest BCUT2D eigenvalue weighted by Gasteiger charge is -2.16. The van der Waals surface area contributed by atoms with Gasteiger partial charge in [-0.3, -0.25) is 16.0 Å². The predicted octanol–water partition coefficient (Wildman–Crippen LogP) is 1.99. The normalized spacial score (nSPS) is 13.0. The van der Waals surface area contributed by atoms with Crippen molar-refractivity contribution in [2.45, 2.75) is 39.8 Å². The van der Waals surface area contributed by atoms with Crippen LogP contribution in [0, 0.1) is 6.92 Å². The molecule has 1 unspecified atom stereocenters. The zero-order valence-corrected chi connectivity index (χ0v) is 12.2. The number of hydrogen-bond acceptors (Lipinski definition) is 4. The van der Waals surface area contributed by atoms with Gasteiger partial charge in [-0.25, -0.2) is 0 Å². The fraction of sp³-hybridized carbons (Fsp3) is 0.727. The molecule has 0 aliphatic heterocycles. The number of rotatable bonds is 7. The Labute approximate surface area is 112 Å². The van der Waals surface area contributed by atoms with Gasteiger partial charge in [-0.15, -0.1) is 0 Å². The van der Waals surface area contributed by atoms with Gasteiger partial charge in [0.25, 0.3) is 0 Å². The quantitative estimate of drug-likeness (QED) is 0.591. The van der Waals surface area contributed by atoms with Gasteiger partial charge in [0.05, 0.1) is 16.4 Å². The molecule has 0 aliphatic rings. The van der Waals surface area contributed by atoms with Crippen molar-refractivity contribution < 1.29 is 0 Å². The van der Waals surface area contributed by atoms with Gasteiger partial charge in [0.15, 0.2) is 0 Å². The molecule has 0 amide bonds. The van der Waals surface area contributed by atoms with Crippen molar-refractivity contribution in [1.29, 1.82) is 0 Å². The van der Waals surface area contributed by atoms with Crippen molar-refractivity contribution in [3.63, 3.8) is 0 Å². The highest BCUT2D eigenvalue weighted by Gasteiger charge is 2.16. The Morgan fingerprint density at radius 2 is 2.24 bits per heavy atom. The molecule has 0 radical (unpaired) electrons. The standard InChI is InChI=1S/C11H21ClN4S/c1-4-16-10(11(12)8(3)15-16)6-9(14-13)7-17-5-2/h9,14H,4-7,13H2,1-3H3. The van der Waals surface area contributed by atoms with E-state index in [0.29, 0.717) is 0 Å². The first-order valence-electron chi connectivity index (χ1n) is 5.89. The molecular formula is C11H21ClN4S. The van der Waals surface area contributed by atoms with E-state index in [1.54, 1.807) is 0 Å². The Bertz CT molecular complexity index is 353. The Morgan fingerprint density at radius 3 is 2.76 bits per heavy atom. The number of nitrogens with two attached hydrogens (primary N) is 1. The van der Waals surface area contributed by atoms with Crippen LogP contribution in [0.25, 0.3) is 0 Å². The molecule has 0 aromatic carbocycles. The average Bonchev–Trinajstić information content (AvgIpc) is 2.61. The molecule has 6 heteroatoms. The molecule has 3 N–H and O–H groups in total. The molecule has 17 heavy (non-hydrogen) atoms. The summed E-state index contributed by atoms with van der Waals surface area (Å²) in [4.78, 5) is 0. The number of hydrogen-bond donors (Lipinski definition) is 2. The molecule has 0 bridgehead atoms. The third kappa shape index (κ3) is 3.88. The van der Waals surface area contributed by atoms with E-state index in [4.69, 9.17) is 17.4 Å². The summed E-state index contributed by atoms with van der Waals surface area (Å²) in [5, 5.41) is 5.18. The van der Waals surface area contributed by atoms with E-state index in [-0.39, 0.29) is 6.04 Å². The summed E-state index contributed by atoms with van der Waals surface area (Å²) in [7, 11) is 0. The third-order valence-corrected chi connectivity index (χ3v) is 4.19. The van der Waals surface area contributed by atoms with Crippen LogP contribution in [0.4, 0.5) is 0 Å². The van der Waals surface area contributed by atoms with Crippen LogP contribution in [0.15, 0.2) is 0 Å². The van der Waals surface area contributed by atoms with Crippen LogP contribution >= 0.6 is 23.4 Å². The van der Waals surface area contributed by atoms with Crippen LogP contribution in [0.3, 0.4) is 0 Å². The van der Waals surface area contributed by atoms with Gasteiger partial charge in [0.2, 0.25) is 0 Å². The van der Waals surface area contributed by atoms with E-state index in [1.807, 2.05) is 23.4 Å². The Morgan fingerprint density at radius 1 is 1.53 bits per heavy atom. The highest BCUT2D eigenvalue weighted by atomic mass is 35.5. The third-order valence-electron chi connectivity index (χ3n) is 2.65. The summed E-state index contributed by atoms with van der Waals surface area (Å²) in [5.74, 6) is 7.65. The van der Waals surface area contributed by atoms with E-state index >= 15 is 0 Å². The minimum atomic E-state index is 0.235. The van der Waals surface area contributed by atoms with Gasteiger partial charge in [0.1, 0.15) is 0 Å². The summed E-state index contributed by atoms with van der Waals surface area (Å²) in [6, 6.07) is 0.235. The molecule has 4 nitrogen and oxygen atoms in total. The summed E-state index contributed by atoms with van der Waals surface area (Å²) < 4.78 is 1.96. The first-order chi connectivity index (χ1) is 8.13. The summed E-state index contributed by atoms with van der Waals surface area (Å²) in [6.45, 7) is 6.98. The SMILES string of the molecule is CCSCC(Cc1c(Cl)c(C)nn1CC)NN. The fourth-order valence-electron chi connectivity index (χ4n) is 1.72. The van der Waals surface area contributed by atoms with Crippen LogP contribution in [-0.4, -0.2) is 27.3 Å². The number of aromatic nitrogens is 2. The Kier molecular flexibility index (Phi) is 6.33. The smallest absolute Gasteiger partial charge is 0.0847 e. The molecule has 1 heterocycles. The lowest BCUT2D eigenvalue weighted by molar-refractivity contribution is 0.534. The monoisotopic (exact) mass is 276 g/mol. The zero-order chi connectivity index (χ0) is 12.8. The van der Waals surface area contributed by atoms with Gasteiger partial charge in [-0.1, -0.05) is 18.5 Å². The van der Waals surface area contributed by atoms with Crippen molar-refractivity contribution in [3.8, 4) is 0 Å². The van der Waals surface area contributed by atoms with Crippen molar-refractivity contribution in [2.24, 2.45) is 5.84 Å². The number of thioether (sulfide) groups is 1. The average molecular weight is 277 g/mol. The molecule has 1 aromatic rings. The molecule has 1 rings (SSSR count). The van der Waals surface area contributed by atoms with Gasteiger partial charge < -0.3 is 0 Å². The van der Waals surface area contributed by atoms with E-state index in [9.17, 15) is 0 Å². The van der Waals surface area contributed by atoms with E-state index in [0.717, 1.165) is 40.9 Å². The van der Waals surface area contributed by atoms with Gasteiger partial charge >= 0.3 is 0 Å². The molecule has 0 saturated heterocycles. The maximum absolute atomic E-state index is 6.27. The fourth-order valence-corrected chi connectivity index (χ4v) is 2.67. The lowest BCUT2D eigenvalue weighted by Crippen LogP contribution is -2.39. The van der Waals surface area contributed by atoms with Crippen molar-refractivity contribution in [2.75, 3.05) is 11.5 Å². The van der Waals surface area contributed by atoms with Gasteiger partial charge in [0, 0.05) is 24.8 Å². The molecule has 98 valence electrons. The molecule has 1 atom stereocenters. The topological polar surface area (TPSA) is 55.9 Å². The largest absolute Gasteiger partial charge is 0.271 e. The molecule has 1 aromatic heterocycles. The Balaban J connectivity index is 2.77. The number of nitrogens with one attached hydrogen (secondary N) is 1. The predicted molar refractivity (Wildman–Crippen MR) is 75.5 cm³/mol. The van der Waals surface area contributed by atoms with Crippen LogP contribution in [0.1, 0.15) is 25.2 Å². The van der Waals surface area contributed by atoms with Crippen molar-refractivity contribution in [1.82, 2.24) is 15.2 Å². The zero-order valence-electron chi connectivity index (χ0n) is 10.7.